The lowest BCUT2D eigenvalue weighted by molar-refractivity contribution is -0.124. The standard InChI is InChI=1S/C55H49N5O/c1-29-24-31(3)49(32(4)25-29)53-45-18-16-41(57-45)39(15-13-36-37-12-14-38(36)52-40(37)28-56-55(52)61)42-17-19-46(58-42)54(50-33(5)26-30(2)27-34(50)6)48-23-21-44(60-48)51(35-10-8-7-9-11-35)43-20-22-47(53)59-43/h7-11,16-27,36-38,40,52,57,60H,12,14,28H2,1-6H3,(H,56,61)/t36-,37+,38+,40?,52?/m1/s1. The van der Waals surface area contributed by atoms with Gasteiger partial charge in [-0.2, -0.15) is 0 Å². The molecule has 6 nitrogen and oxygen atoms in total. The smallest absolute Gasteiger partial charge is 0.223 e. The maximum Gasteiger partial charge on any atom is 0.223 e. The summed E-state index contributed by atoms with van der Waals surface area (Å²) in [5, 5.41) is 3.15. The van der Waals surface area contributed by atoms with Crippen molar-refractivity contribution in [1.82, 2.24) is 25.3 Å². The summed E-state index contributed by atoms with van der Waals surface area (Å²) in [6.07, 6.45) is 10.8. The molecule has 6 aromatic rings. The molecule has 3 fully saturated rings. The number of aromatic amines is 2. The Kier molecular flexibility index (Phi) is 8.68. The zero-order valence-electron chi connectivity index (χ0n) is 35.6. The molecule has 2 saturated carbocycles. The van der Waals surface area contributed by atoms with E-state index >= 15 is 0 Å². The summed E-state index contributed by atoms with van der Waals surface area (Å²) in [6.45, 7) is 13.9. The molecule has 61 heavy (non-hydrogen) atoms. The number of nitrogens with zero attached hydrogens (tertiary/aromatic N) is 2. The fraction of sp³-hybridized carbons (Fsp3) is 0.255. The van der Waals surface area contributed by atoms with E-state index < -0.39 is 0 Å². The van der Waals surface area contributed by atoms with E-state index in [9.17, 15) is 4.79 Å². The van der Waals surface area contributed by atoms with E-state index in [1.807, 2.05) is 0 Å². The van der Waals surface area contributed by atoms with Crippen LogP contribution in [0.3, 0.4) is 0 Å². The van der Waals surface area contributed by atoms with E-state index in [0.29, 0.717) is 17.8 Å². The van der Waals surface area contributed by atoms with Crippen LogP contribution in [0.15, 0.2) is 78.9 Å². The minimum absolute atomic E-state index is 0.0874. The predicted octanol–water partition coefficient (Wildman–Crippen LogP) is 11.9. The highest BCUT2D eigenvalue weighted by molar-refractivity contribution is 5.99. The summed E-state index contributed by atoms with van der Waals surface area (Å²) < 4.78 is 0. The van der Waals surface area contributed by atoms with Crippen molar-refractivity contribution in [2.24, 2.45) is 29.6 Å². The molecule has 5 atom stereocenters. The van der Waals surface area contributed by atoms with Gasteiger partial charge in [0.2, 0.25) is 5.91 Å². The molecule has 6 heteroatoms. The van der Waals surface area contributed by atoms with Crippen molar-refractivity contribution in [3.8, 4) is 45.2 Å². The van der Waals surface area contributed by atoms with Gasteiger partial charge >= 0.3 is 0 Å². The normalized spacial score (nSPS) is 20.8. The highest BCUT2D eigenvalue weighted by Gasteiger charge is 2.58. The topological polar surface area (TPSA) is 86.5 Å². The van der Waals surface area contributed by atoms with Gasteiger partial charge < -0.3 is 15.3 Å². The number of hydrogen-bond donors (Lipinski definition) is 3. The van der Waals surface area contributed by atoms with Crippen molar-refractivity contribution in [1.29, 1.82) is 0 Å². The minimum atomic E-state index is 0.0874. The Balaban J connectivity index is 1.26. The van der Waals surface area contributed by atoms with Crippen LogP contribution in [-0.2, 0) is 4.79 Å². The number of rotatable bonds is 3. The van der Waals surface area contributed by atoms with Crippen LogP contribution in [-0.4, -0.2) is 32.4 Å². The fourth-order valence-electron chi connectivity index (χ4n) is 11.8. The van der Waals surface area contributed by atoms with Crippen LogP contribution in [0.25, 0.3) is 79.8 Å². The minimum Gasteiger partial charge on any atom is -0.356 e. The quantitative estimate of drug-likeness (QED) is 0.156. The Morgan fingerprint density at radius 3 is 1.62 bits per heavy atom. The molecular formula is C55H49N5O. The number of carbonyl (C=O) groups excluding carboxylic acids is 1. The summed E-state index contributed by atoms with van der Waals surface area (Å²) in [7, 11) is 0. The molecule has 2 aliphatic carbocycles. The van der Waals surface area contributed by atoms with Gasteiger partial charge in [-0.05, 0) is 160 Å². The maximum absolute atomic E-state index is 13.0. The van der Waals surface area contributed by atoms with Crippen LogP contribution in [0, 0.1) is 83.0 Å². The van der Waals surface area contributed by atoms with E-state index in [4.69, 9.17) is 9.97 Å². The van der Waals surface area contributed by atoms with Crippen LogP contribution in [0.1, 0.15) is 74.6 Å². The van der Waals surface area contributed by atoms with Crippen molar-refractivity contribution < 1.29 is 4.79 Å². The molecular weight excluding hydrogens is 747 g/mol. The Bertz CT molecular complexity index is 3060. The number of aromatic nitrogens is 4. The lowest BCUT2D eigenvalue weighted by atomic mass is 9.81. The summed E-state index contributed by atoms with van der Waals surface area (Å²) >= 11 is 0. The Labute approximate surface area is 357 Å². The molecule has 3 aromatic carbocycles. The van der Waals surface area contributed by atoms with Gasteiger partial charge in [0.25, 0.3) is 0 Å². The van der Waals surface area contributed by atoms with Crippen molar-refractivity contribution in [2.45, 2.75) is 54.4 Å². The zero-order chi connectivity index (χ0) is 41.7. The fourth-order valence-corrected chi connectivity index (χ4v) is 11.8. The molecule has 6 heterocycles. The predicted molar refractivity (Wildman–Crippen MR) is 250 cm³/mol. The van der Waals surface area contributed by atoms with E-state index in [2.05, 4.69) is 172 Å². The Morgan fingerprint density at radius 1 is 0.541 bits per heavy atom. The first-order valence-electron chi connectivity index (χ1n) is 21.8. The van der Waals surface area contributed by atoms with Gasteiger partial charge in [-0.15, -0.1) is 0 Å². The monoisotopic (exact) mass is 795 g/mol. The molecule has 300 valence electrons. The second kappa shape index (κ2) is 14.2. The van der Waals surface area contributed by atoms with Gasteiger partial charge in [0.15, 0.2) is 0 Å². The van der Waals surface area contributed by atoms with Gasteiger partial charge in [0, 0.05) is 51.6 Å². The summed E-state index contributed by atoms with van der Waals surface area (Å²) in [4.78, 5) is 31.8. The lowest BCUT2D eigenvalue weighted by Crippen LogP contribution is -2.25. The van der Waals surface area contributed by atoms with Crippen molar-refractivity contribution in [2.75, 3.05) is 6.54 Å². The second-order valence-corrected chi connectivity index (χ2v) is 18.1. The molecule has 5 aliphatic rings. The molecule has 3 N–H and O–H groups in total. The number of aryl methyl sites for hydroxylation is 6. The third kappa shape index (κ3) is 6.04. The highest BCUT2D eigenvalue weighted by atomic mass is 16.2. The van der Waals surface area contributed by atoms with Crippen LogP contribution in [0.2, 0.25) is 0 Å². The number of hydrogen-bond acceptors (Lipinski definition) is 3. The average molecular weight is 796 g/mol. The van der Waals surface area contributed by atoms with Gasteiger partial charge in [-0.3, -0.25) is 4.79 Å². The van der Waals surface area contributed by atoms with Crippen molar-refractivity contribution in [3.63, 3.8) is 0 Å². The number of H-pyrrole nitrogens is 2. The maximum atomic E-state index is 13.0. The summed E-state index contributed by atoms with van der Waals surface area (Å²) in [5.41, 5.74) is 22.1. The van der Waals surface area contributed by atoms with E-state index in [-0.39, 0.29) is 17.7 Å². The first-order valence-corrected chi connectivity index (χ1v) is 21.8. The van der Waals surface area contributed by atoms with Gasteiger partial charge in [0.05, 0.1) is 33.9 Å². The van der Waals surface area contributed by atoms with Gasteiger partial charge in [-0.1, -0.05) is 77.6 Å². The molecule has 3 aliphatic heterocycles. The first kappa shape index (κ1) is 37.3. The van der Waals surface area contributed by atoms with Gasteiger partial charge in [-0.25, -0.2) is 9.97 Å². The molecule has 0 radical (unpaired) electrons. The van der Waals surface area contributed by atoms with Crippen LogP contribution in [0.5, 0.6) is 0 Å². The SMILES string of the molecule is Cc1cc(C)c(-c2c3nc(c(-c4ccccc4)c4ccc([nH]4)c(-c4c(C)cc(C)cc4C)c4nc(c(C#C[C@@H]5[C@@H]6CC[C@@H]5C5C(=O)NCC56)c5ccc2[nH]5)C=C4)C=C3)c(C)c1. The third-order valence-corrected chi connectivity index (χ3v) is 14.1. The zero-order valence-corrected chi connectivity index (χ0v) is 35.6. The number of carbonyl (C=O) groups is 1. The molecule has 0 spiro atoms. The second-order valence-electron chi connectivity index (χ2n) is 18.1. The van der Waals surface area contributed by atoms with Crippen LogP contribution < -0.4 is 5.32 Å². The molecule has 1 saturated heterocycles. The van der Waals surface area contributed by atoms with E-state index in [0.717, 1.165) is 92.0 Å². The van der Waals surface area contributed by atoms with Crippen LogP contribution >= 0.6 is 0 Å². The average Bonchev–Trinajstić information content (AvgIpc) is 4.10. The molecule has 10 bridgehead atoms. The van der Waals surface area contributed by atoms with E-state index in [1.165, 1.54) is 44.5 Å². The Hall–Kier alpha value is -6.71. The number of amides is 1. The van der Waals surface area contributed by atoms with Gasteiger partial charge in [0.1, 0.15) is 0 Å². The molecule has 1 amide bonds. The summed E-state index contributed by atoms with van der Waals surface area (Å²) in [6, 6.07) is 28.4. The lowest BCUT2D eigenvalue weighted by Gasteiger charge is -2.20. The van der Waals surface area contributed by atoms with E-state index in [1.54, 1.807) is 0 Å². The number of benzene rings is 3. The molecule has 2 unspecified atom stereocenters. The molecule has 3 aromatic heterocycles. The number of nitrogens with one attached hydrogen (secondary N) is 3. The van der Waals surface area contributed by atoms with Crippen molar-refractivity contribution >= 4 is 52.3 Å². The van der Waals surface area contributed by atoms with Crippen LogP contribution in [0.4, 0.5) is 0 Å². The third-order valence-electron chi connectivity index (χ3n) is 14.1. The first-order chi connectivity index (χ1) is 29.6. The molecule has 11 rings (SSSR count). The highest BCUT2D eigenvalue weighted by Crippen LogP contribution is 2.57. The largest absolute Gasteiger partial charge is 0.356 e. The Morgan fingerprint density at radius 2 is 1.03 bits per heavy atom. The summed E-state index contributed by atoms with van der Waals surface area (Å²) in [5.74, 6) is 9.18. The number of fused-ring (bicyclic) bond motifs is 13. The van der Waals surface area contributed by atoms with Crippen molar-refractivity contribution in [3.05, 3.63) is 141 Å².